The third-order valence-electron chi connectivity index (χ3n) is 6.32. The Morgan fingerprint density at radius 3 is 2.81 bits per heavy atom. The maximum atomic E-state index is 12.7. The second-order valence-corrected chi connectivity index (χ2v) is 8.52. The van der Waals surface area contributed by atoms with Crippen LogP contribution < -0.4 is 10.9 Å². The van der Waals surface area contributed by atoms with Gasteiger partial charge in [0.05, 0.1) is 17.4 Å². The average Bonchev–Trinajstić information content (AvgIpc) is 3.42. The van der Waals surface area contributed by atoms with Crippen molar-refractivity contribution in [3.8, 4) is 0 Å². The van der Waals surface area contributed by atoms with Gasteiger partial charge in [-0.05, 0) is 25.0 Å². The number of aryl methyl sites for hydroxylation is 1. The van der Waals surface area contributed by atoms with Crippen molar-refractivity contribution in [1.29, 1.82) is 0 Å². The summed E-state index contributed by atoms with van der Waals surface area (Å²) in [5, 5.41) is 8.07. The highest BCUT2D eigenvalue weighted by Crippen LogP contribution is 2.44. The van der Waals surface area contributed by atoms with Crippen LogP contribution in [0.4, 0.5) is 11.6 Å². The van der Waals surface area contributed by atoms with Crippen molar-refractivity contribution in [3.63, 3.8) is 0 Å². The van der Waals surface area contributed by atoms with Gasteiger partial charge in [0.1, 0.15) is 5.65 Å². The van der Waals surface area contributed by atoms with Gasteiger partial charge < -0.3 is 10.2 Å². The molecule has 1 N–H and O–H groups in total. The minimum atomic E-state index is -0.0925. The van der Waals surface area contributed by atoms with Crippen molar-refractivity contribution in [2.75, 3.05) is 31.5 Å². The molecular weight excluding hydrogens is 408 g/mol. The van der Waals surface area contributed by atoms with E-state index < -0.39 is 0 Å². The van der Waals surface area contributed by atoms with Crippen LogP contribution >= 0.6 is 0 Å². The first-order chi connectivity index (χ1) is 15.5. The highest BCUT2D eigenvalue weighted by molar-refractivity contribution is 5.88. The topological polar surface area (TPSA) is 101 Å². The van der Waals surface area contributed by atoms with E-state index in [4.69, 9.17) is 0 Å². The molecule has 3 aromatic rings. The summed E-state index contributed by atoms with van der Waals surface area (Å²) < 4.78 is 3.39. The summed E-state index contributed by atoms with van der Waals surface area (Å²) in [6, 6.07) is 3.31. The molecule has 10 heteroatoms. The fourth-order valence-electron chi connectivity index (χ4n) is 4.48. The predicted molar refractivity (Wildman–Crippen MR) is 121 cm³/mol. The lowest BCUT2D eigenvalue weighted by Crippen LogP contribution is -2.57. The molecular formula is C22H26N8O2. The first-order valence-electron chi connectivity index (χ1n) is 10.8. The number of anilines is 2. The number of nitrogens with one attached hydrogen (secondary N) is 1. The van der Waals surface area contributed by atoms with E-state index >= 15 is 0 Å². The van der Waals surface area contributed by atoms with Crippen molar-refractivity contribution in [2.24, 2.45) is 7.05 Å². The van der Waals surface area contributed by atoms with Crippen molar-refractivity contribution in [2.45, 2.75) is 24.9 Å². The summed E-state index contributed by atoms with van der Waals surface area (Å²) in [5.74, 6) is 0.427. The second kappa shape index (κ2) is 7.86. The van der Waals surface area contributed by atoms with Crippen molar-refractivity contribution in [3.05, 3.63) is 53.7 Å². The Hall–Kier alpha value is -3.53. The lowest BCUT2D eigenvalue weighted by molar-refractivity contribution is -0.132. The Kier molecular flexibility index (Phi) is 5.01. The number of aromatic nitrogens is 5. The van der Waals surface area contributed by atoms with E-state index in [1.807, 2.05) is 18.1 Å². The first kappa shape index (κ1) is 20.4. The lowest BCUT2D eigenvalue weighted by atomic mass is 10.1. The largest absolute Gasteiger partial charge is 0.331 e. The molecule has 2 aliphatic rings. The predicted octanol–water partition coefficient (Wildman–Crippen LogP) is 1.13. The van der Waals surface area contributed by atoms with Gasteiger partial charge in [0.2, 0.25) is 11.9 Å². The number of pyridine rings is 1. The molecule has 1 spiro atoms. The van der Waals surface area contributed by atoms with E-state index in [-0.39, 0.29) is 17.0 Å². The molecule has 0 aromatic carbocycles. The summed E-state index contributed by atoms with van der Waals surface area (Å²) >= 11 is 0. The third kappa shape index (κ3) is 3.77. The van der Waals surface area contributed by atoms with E-state index in [0.717, 1.165) is 37.0 Å². The Balaban J connectivity index is 1.34. The number of nitrogens with zero attached hydrogens (tertiary/aromatic N) is 7. The molecule has 1 saturated carbocycles. The molecule has 1 aliphatic carbocycles. The zero-order chi connectivity index (χ0) is 22.3. The summed E-state index contributed by atoms with van der Waals surface area (Å²) in [4.78, 5) is 38.1. The molecule has 0 unspecified atom stereocenters. The zero-order valence-electron chi connectivity index (χ0n) is 18.1. The number of carbonyl (C=O) groups is 1. The van der Waals surface area contributed by atoms with Gasteiger partial charge in [-0.1, -0.05) is 6.58 Å². The molecule has 5 rings (SSSR count). The molecule has 166 valence electrons. The van der Waals surface area contributed by atoms with Crippen molar-refractivity contribution >= 4 is 28.6 Å². The van der Waals surface area contributed by atoms with E-state index in [9.17, 15) is 9.59 Å². The maximum absolute atomic E-state index is 12.7. The summed E-state index contributed by atoms with van der Waals surface area (Å²) in [5.41, 5.74) is 1.22. The van der Waals surface area contributed by atoms with E-state index in [1.165, 1.54) is 6.08 Å². The molecule has 32 heavy (non-hydrogen) atoms. The second-order valence-electron chi connectivity index (χ2n) is 8.52. The summed E-state index contributed by atoms with van der Waals surface area (Å²) in [6.07, 6.45) is 8.69. The number of hydrogen-bond donors (Lipinski definition) is 1. The molecule has 0 radical (unpaired) electrons. The fourth-order valence-corrected chi connectivity index (χ4v) is 4.48. The molecule has 1 saturated heterocycles. The van der Waals surface area contributed by atoms with Crippen LogP contribution in [0.1, 0.15) is 12.8 Å². The Morgan fingerprint density at radius 1 is 1.25 bits per heavy atom. The highest BCUT2D eigenvalue weighted by Gasteiger charge is 2.52. The zero-order valence-corrected chi connectivity index (χ0v) is 18.1. The van der Waals surface area contributed by atoms with Crippen molar-refractivity contribution in [1.82, 2.24) is 34.1 Å². The SMILES string of the molecule is C=CC(=O)N1CCN(CCn2c(=O)ccc3cnc(Nc4cnn(C)c4)nc32)CC12CC2. The number of piperazine rings is 1. The number of hydrogen-bond acceptors (Lipinski definition) is 7. The normalized spacial score (nSPS) is 17.6. The van der Waals surface area contributed by atoms with E-state index in [2.05, 4.69) is 31.9 Å². The summed E-state index contributed by atoms with van der Waals surface area (Å²) in [6.45, 7) is 7.17. The quantitative estimate of drug-likeness (QED) is 0.581. The highest BCUT2D eigenvalue weighted by atomic mass is 16.2. The van der Waals surface area contributed by atoms with Crippen LogP contribution in [0.15, 0.2) is 48.2 Å². The number of amides is 1. The molecule has 1 aliphatic heterocycles. The minimum absolute atomic E-state index is 0.0118. The van der Waals surface area contributed by atoms with Crippen LogP contribution in [-0.4, -0.2) is 71.7 Å². The molecule has 4 heterocycles. The Labute approximate surface area is 185 Å². The van der Waals surface area contributed by atoms with E-state index in [0.29, 0.717) is 31.2 Å². The van der Waals surface area contributed by atoms with Crippen LogP contribution in [0.25, 0.3) is 11.0 Å². The van der Waals surface area contributed by atoms with Gasteiger partial charge in [0.25, 0.3) is 5.56 Å². The molecule has 0 atom stereocenters. The van der Waals surface area contributed by atoms with Crippen LogP contribution in [0.3, 0.4) is 0 Å². The third-order valence-corrected chi connectivity index (χ3v) is 6.32. The van der Waals surface area contributed by atoms with E-state index in [1.54, 1.807) is 33.8 Å². The van der Waals surface area contributed by atoms with Crippen LogP contribution in [0.2, 0.25) is 0 Å². The average molecular weight is 435 g/mol. The molecule has 3 aromatic heterocycles. The Morgan fingerprint density at radius 2 is 2.09 bits per heavy atom. The molecule has 0 bridgehead atoms. The van der Waals surface area contributed by atoms with Crippen molar-refractivity contribution < 1.29 is 4.79 Å². The fraction of sp³-hybridized carbons (Fsp3) is 0.409. The molecule has 1 amide bonds. The monoisotopic (exact) mass is 434 g/mol. The Bertz CT molecular complexity index is 1240. The lowest BCUT2D eigenvalue weighted by Gasteiger charge is -2.41. The number of carbonyl (C=O) groups excluding carboxylic acids is 1. The minimum Gasteiger partial charge on any atom is -0.331 e. The van der Waals surface area contributed by atoms with Gasteiger partial charge in [0.15, 0.2) is 0 Å². The van der Waals surface area contributed by atoms with Gasteiger partial charge in [-0.25, -0.2) is 4.98 Å². The van der Waals surface area contributed by atoms with Gasteiger partial charge >= 0.3 is 0 Å². The first-order valence-corrected chi connectivity index (χ1v) is 10.8. The summed E-state index contributed by atoms with van der Waals surface area (Å²) in [7, 11) is 1.84. The van der Waals surface area contributed by atoms with Crippen LogP contribution in [0.5, 0.6) is 0 Å². The standard InChI is InChI=1S/C22H26N8O2/c1-3-18(31)30-11-9-28(15-22(30)6-7-22)8-10-29-19(32)5-4-16-12-23-21(26-20(16)29)25-17-13-24-27(2)14-17/h3-5,12-14H,1,6-11,15H2,2H3,(H,23,25,26). The smallest absolute Gasteiger partial charge is 0.252 e. The van der Waals surface area contributed by atoms with Gasteiger partial charge in [0, 0.05) is 63.6 Å². The maximum Gasteiger partial charge on any atom is 0.252 e. The van der Waals surface area contributed by atoms with Gasteiger partial charge in [-0.2, -0.15) is 10.1 Å². The molecule has 10 nitrogen and oxygen atoms in total. The van der Waals surface area contributed by atoms with Crippen LogP contribution in [0, 0.1) is 0 Å². The molecule has 2 fully saturated rings. The number of fused-ring (bicyclic) bond motifs is 1. The number of rotatable bonds is 6. The van der Waals surface area contributed by atoms with Gasteiger partial charge in [-0.15, -0.1) is 0 Å². The van der Waals surface area contributed by atoms with Crippen LogP contribution in [-0.2, 0) is 18.4 Å². The van der Waals surface area contributed by atoms with Gasteiger partial charge in [-0.3, -0.25) is 23.7 Å².